The first-order valence-corrected chi connectivity index (χ1v) is 6.12. The highest BCUT2D eigenvalue weighted by atomic mass is 16.5. The maximum absolute atomic E-state index is 11.0. The summed E-state index contributed by atoms with van der Waals surface area (Å²) in [6, 6.07) is 13.2. The molecule has 0 spiro atoms. The maximum Gasteiger partial charge on any atom is 0.341 e. The fraction of sp³-hybridized carbons (Fsp3) is 0.200. The normalized spacial score (nSPS) is 10.1. The molecule has 0 amide bonds. The van der Waals surface area contributed by atoms with Crippen LogP contribution in [-0.4, -0.2) is 22.7 Å². The third-order valence-electron chi connectivity index (χ3n) is 2.69. The highest BCUT2D eigenvalue weighted by Gasteiger charge is 2.11. The highest BCUT2D eigenvalue weighted by molar-refractivity contribution is 5.90. The third kappa shape index (κ3) is 3.81. The fourth-order valence-corrected chi connectivity index (χ4v) is 1.76. The smallest absolute Gasteiger partial charge is 0.341 e. The number of ether oxygens (including phenoxy) is 1. The van der Waals surface area contributed by atoms with Crippen LogP contribution in [0.3, 0.4) is 0 Å². The minimum absolute atomic E-state index is 0.0993. The van der Waals surface area contributed by atoms with Gasteiger partial charge in [-0.2, -0.15) is 0 Å². The quantitative estimate of drug-likeness (QED) is 0.808. The van der Waals surface area contributed by atoms with Crippen LogP contribution in [0.1, 0.15) is 22.3 Å². The molecule has 2 rings (SSSR count). The molecular weight excluding hydrogens is 242 g/mol. The number of carboxylic acids is 1. The summed E-state index contributed by atoms with van der Waals surface area (Å²) in [5, 5.41) is 8.98. The Balaban J connectivity index is 1.85. The molecule has 0 aliphatic heterocycles. The molecular formula is C15H15NO3. The Hall–Kier alpha value is -2.36. The SMILES string of the molecule is O=C(O)c1cccnc1OCCCc1ccccc1. The van der Waals surface area contributed by atoms with Crippen molar-refractivity contribution in [3.63, 3.8) is 0 Å². The number of hydrogen-bond acceptors (Lipinski definition) is 3. The van der Waals surface area contributed by atoms with Crippen LogP contribution in [0.2, 0.25) is 0 Å². The van der Waals surface area contributed by atoms with Crippen LogP contribution in [0, 0.1) is 0 Å². The summed E-state index contributed by atoms with van der Waals surface area (Å²) in [5.74, 6) is -0.839. The number of carboxylic acid groups (broad SMARTS) is 1. The van der Waals surface area contributed by atoms with Crippen LogP contribution in [0.25, 0.3) is 0 Å². The summed E-state index contributed by atoms with van der Waals surface area (Å²) >= 11 is 0. The van der Waals surface area contributed by atoms with Crippen LogP contribution < -0.4 is 4.74 Å². The predicted molar refractivity (Wildman–Crippen MR) is 71.5 cm³/mol. The Labute approximate surface area is 111 Å². The highest BCUT2D eigenvalue weighted by Crippen LogP contribution is 2.14. The zero-order valence-corrected chi connectivity index (χ0v) is 10.5. The number of nitrogens with zero attached hydrogens (tertiary/aromatic N) is 1. The molecule has 1 aromatic carbocycles. The standard InChI is InChI=1S/C15H15NO3/c17-15(18)13-9-4-10-16-14(13)19-11-5-8-12-6-2-1-3-7-12/h1-4,6-7,9-10H,5,8,11H2,(H,17,18). The summed E-state index contributed by atoms with van der Waals surface area (Å²) < 4.78 is 5.43. The molecule has 1 heterocycles. The summed E-state index contributed by atoms with van der Waals surface area (Å²) in [6.07, 6.45) is 3.24. The van der Waals surface area contributed by atoms with E-state index in [1.54, 1.807) is 6.07 Å². The Kier molecular flexibility index (Phi) is 4.50. The number of pyridine rings is 1. The van der Waals surface area contributed by atoms with Crippen LogP contribution in [0.5, 0.6) is 5.88 Å². The molecule has 0 saturated heterocycles. The van der Waals surface area contributed by atoms with Crippen molar-refractivity contribution >= 4 is 5.97 Å². The molecule has 4 heteroatoms. The molecule has 0 aliphatic carbocycles. The molecule has 0 aliphatic rings. The van der Waals surface area contributed by atoms with Gasteiger partial charge in [-0.15, -0.1) is 0 Å². The number of benzene rings is 1. The second kappa shape index (κ2) is 6.54. The van der Waals surface area contributed by atoms with E-state index < -0.39 is 5.97 Å². The van der Waals surface area contributed by atoms with Crippen molar-refractivity contribution in [3.8, 4) is 5.88 Å². The zero-order chi connectivity index (χ0) is 13.5. The Morgan fingerprint density at radius 2 is 1.95 bits per heavy atom. The van der Waals surface area contributed by atoms with Crippen LogP contribution in [-0.2, 0) is 6.42 Å². The van der Waals surface area contributed by atoms with Crippen LogP contribution in [0.15, 0.2) is 48.7 Å². The van der Waals surface area contributed by atoms with Gasteiger partial charge < -0.3 is 9.84 Å². The first-order chi connectivity index (χ1) is 9.27. The summed E-state index contributed by atoms with van der Waals surface area (Å²) in [7, 11) is 0. The molecule has 0 radical (unpaired) electrons. The molecule has 98 valence electrons. The summed E-state index contributed by atoms with van der Waals surface area (Å²) in [4.78, 5) is 14.9. The summed E-state index contributed by atoms with van der Waals surface area (Å²) in [6.45, 7) is 0.451. The first kappa shape index (κ1) is 13.1. The van der Waals surface area contributed by atoms with E-state index in [1.165, 1.54) is 17.8 Å². The molecule has 0 saturated carbocycles. The van der Waals surface area contributed by atoms with E-state index in [-0.39, 0.29) is 11.4 Å². The number of carbonyl (C=O) groups is 1. The van der Waals surface area contributed by atoms with Gasteiger partial charge in [0.05, 0.1) is 6.61 Å². The van der Waals surface area contributed by atoms with Crippen molar-refractivity contribution in [1.82, 2.24) is 4.98 Å². The number of aryl methyl sites for hydroxylation is 1. The van der Waals surface area contributed by atoms with E-state index in [9.17, 15) is 4.79 Å². The predicted octanol–water partition coefficient (Wildman–Crippen LogP) is 2.79. The molecule has 0 bridgehead atoms. The number of rotatable bonds is 6. The van der Waals surface area contributed by atoms with Crippen molar-refractivity contribution in [2.45, 2.75) is 12.8 Å². The van der Waals surface area contributed by atoms with E-state index >= 15 is 0 Å². The van der Waals surface area contributed by atoms with Gasteiger partial charge in [-0.3, -0.25) is 0 Å². The Morgan fingerprint density at radius 3 is 2.68 bits per heavy atom. The minimum Gasteiger partial charge on any atom is -0.477 e. The van der Waals surface area contributed by atoms with Gasteiger partial charge in [0.1, 0.15) is 5.56 Å². The third-order valence-corrected chi connectivity index (χ3v) is 2.69. The van der Waals surface area contributed by atoms with Gasteiger partial charge in [-0.25, -0.2) is 9.78 Å². The van der Waals surface area contributed by atoms with Crippen molar-refractivity contribution in [3.05, 3.63) is 59.8 Å². The van der Waals surface area contributed by atoms with Crippen molar-refractivity contribution in [2.24, 2.45) is 0 Å². The monoisotopic (exact) mass is 257 g/mol. The first-order valence-electron chi connectivity index (χ1n) is 6.12. The van der Waals surface area contributed by atoms with E-state index in [0.29, 0.717) is 6.61 Å². The fourth-order valence-electron chi connectivity index (χ4n) is 1.76. The molecule has 1 N–H and O–H groups in total. The number of aromatic nitrogens is 1. The van der Waals surface area contributed by atoms with E-state index in [1.807, 2.05) is 18.2 Å². The second-order valence-electron chi connectivity index (χ2n) is 4.10. The van der Waals surface area contributed by atoms with Gasteiger partial charge in [0.25, 0.3) is 0 Å². The van der Waals surface area contributed by atoms with Gasteiger partial charge in [0, 0.05) is 6.20 Å². The van der Waals surface area contributed by atoms with Gasteiger partial charge in [0.15, 0.2) is 0 Å². The van der Waals surface area contributed by atoms with E-state index in [0.717, 1.165) is 12.8 Å². The Bertz CT molecular complexity index is 540. The molecule has 1 aromatic heterocycles. The average Bonchev–Trinajstić information content (AvgIpc) is 2.45. The lowest BCUT2D eigenvalue weighted by Crippen LogP contribution is -2.06. The van der Waals surface area contributed by atoms with Crippen LogP contribution >= 0.6 is 0 Å². The molecule has 0 unspecified atom stereocenters. The number of aromatic carboxylic acids is 1. The van der Waals surface area contributed by atoms with E-state index in [4.69, 9.17) is 9.84 Å². The molecule has 4 nitrogen and oxygen atoms in total. The lowest BCUT2D eigenvalue weighted by atomic mass is 10.1. The van der Waals surface area contributed by atoms with Crippen LogP contribution in [0.4, 0.5) is 0 Å². The zero-order valence-electron chi connectivity index (χ0n) is 10.5. The molecule has 2 aromatic rings. The number of hydrogen-bond donors (Lipinski definition) is 1. The largest absolute Gasteiger partial charge is 0.477 e. The van der Waals surface area contributed by atoms with E-state index in [2.05, 4.69) is 17.1 Å². The maximum atomic E-state index is 11.0. The molecule has 19 heavy (non-hydrogen) atoms. The average molecular weight is 257 g/mol. The molecule has 0 atom stereocenters. The summed E-state index contributed by atoms with van der Waals surface area (Å²) in [5.41, 5.74) is 1.34. The van der Waals surface area contributed by atoms with Crippen molar-refractivity contribution < 1.29 is 14.6 Å². The lowest BCUT2D eigenvalue weighted by Gasteiger charge is -2.07. The van der Waals surface area contributed by atoms with Gasteiger partial charge in [-0.1, -0.05) is 30.3 Å². The van der Waals surface area contributed by atoms with Crippen molar-refractivity contribution in [1.29, 1.82) is 0 Å². The topological polar surface area (TPSA) is 59.4 Å². The molecule has 0 fully saturated rings. The van der Waals surface area contributed by atoms with Crippen molar-refractivity contribution in [2.75, 3.05) is 6.61 Å². The van der Waals surface area contributed by atoms with Gasteiger partial charge in [0.2, 0.25) is 5.88 Å². The lowest BCUT2D eigenvalue weighted by molar-refractivity contribution is 0.0691. The minimum atomic E-state index is -1.02. The van der Waals surface area contributed by atoms with Gasteiger partial charge >= 0.3 is 5.97 Å². The van der Waals surface area contributed by atoms with Gasteiger partial charge in [-0.05, 0) is 30.5 Å². The Morgan fingerprint density at radius 1 is 1.16 bits per heavy atom. The second-order valence-corrected chi connectivity index (χ2v) is 4.10.